The first-order valence-electron chi connectivity index (χ1n) is 8.44. The van der Waals surface area contributed by atoms with E-state index in [-0.39, 0.29) is 6.04 Å². The zero-order valence-corrected chi connectivity index (χ0v) is 14.7. The molecular weight excluding hydrogens is 294 g/mol. The number of hydrogen-bond acceptors (Lipinski definition) is 2. The summed E-state index contributed by atoms with van der Waals surface area (Å²) in [5, 5.41) is 3.39. The molecule has 0 saturated heterocycles. The number of benzene rings is 2. The van der Waals surface area contributed by atoms with Crippen LogP contribution in [-0.2, 0) is 4.74 Å². The molecule has 0 fully saturated rings. The van der Waals surface area contributed by atoms with Crippen molar-refractivity contribution in [1.29, 1.82) is 0 Å². The Morgan fingerprint density at radius 2 is 1.62 bits per heavy atom. The molecular formula is C22H27NO. The molecule has 0 radical (unpaired) electrons. The van der Waals surface area contributed by atoms with Gasteiger partial charge in [-0.2, -0.15) is 0 Å². The molecule has 126 valence electrons. The van der Waals surface area contributed by atoms with Gasteiger partial charge in [0.1, 0.15) is 0 Å². The van der Waals surface area contributed by atoms with Crippen LogP contribution in [0.3, 0.4) is 0 Å². The van der Waals surface area contributed by atoms with E-state index in [0.29, 0.717) is 0 Å². The second-order valence-corrected chi connectivity index (χ2v) is 5.82. The molecule has 2 aromatic carbocycles. The molecule has 2 heteroatoms. The molecule has 1 atom stereocenters. The Balaban J connectivity index is 2.32. The molecule has 24 heavy (non-hydrogen) atoms. The van der Waals surface area contributed by atoms with E-state index in [0.717, 1.165) is 30.6 Å². The molecule has 0 bridgehead atoms. The van der Waals surface area contributed by atoms with Gasteiger partial charge in [-0.25, -0.2) is 0 Å². The fraction of sp³-hybridized carbons (Fsp3) is 0.273. The average molecular weight is 321 g/mol. The van der Waals surface area contributed by atoms with Crippen molar-refractivity contribution in [1.82, 2.24) is 5.32 Å². The lowest BCUT2D eigenvalue weighted by molar-refractivity contribution is 0.191. The van der Waals surface area contributed by atoms with Crippen molar-refractivity contribution >= 4 is 11.1 Å². The first-order valence-corrected chi connectivity index (χ1v) is 8.44. The average Bonchev–Trinajstić information content (AvgIpc) is 2.65. The number of hydrogen-bond donors (Lipinski definition) is 1. The highest BCUT2D eigenvalue weighted by molar-refractivity contribution is 6.04. The van der Waals surface area contributed by atoms with Gasteiger partial charge in [0.2, 0.25) is 0 Å². The Morgan fingerprint density at radius 1 is 1.04 bits per heavy atom. The minimum Gasteiger partial charge on any atom is -0.385 e. The topological polar surface area (TPSA) is 21.3 Å². The lowest BCUT2D eigenvalue weighted by atomic mass is 9.91. The van der Waals surface area contributed by atoms with Gasteiger partial charge in [-0.3, -0.25) is 0 Å². The molecule has 1 N–H and O–H groups in total. The maximum Gasteiger partial charge on any atom is 0.0462 e. The van der Waals surface area contributed by atoms with E-state index >= 15 is 0 Å². The summed E-state index contributed by atoms with van der Waals surface area (Å²) >= 11 is 0. The van der Waals surface area contributed by atoms with Crippen LogP contribution in [0.15, 0.2) is 73.3 Å². The van der Waals surface area contributed by atoms with Crippen molar-refractivity contribution in [2.75, 3.05) is 20.8 Å². The lowest BCUT2D eigenvalue weighted by Crippen LogP contribution is -2.23. The Hall–Kier alpha value is -2.16. The predicted molar refractivity (Wildman–Crippen MR) is 104 cm³/mol. The lowest BCUT2D eigenvalue weighted by Gasteiger charge is -2.17. The van der Waals surface area contributed by atoms with Crippen LogP contribution in [0, 0.1) is 0 Å². The monoisotopic (exact) mass is 321 g/mol. The summed E-state index contributed by atoms with van der Waals surface area (Å²) in [6.07, 6.45) is 4.35. The van der Waals surface area contributed by atoms with Crippen molar-refractivity contribution < 1.29 is 4.74 Å². The van der Waals surface area contributed by atoms with Gasteiger partial charge in [-0.05, 0) is 42.2 Å². The first-order chi connectivity index (χ1) is 11.8. The van der Waals surface area contributed by atoms with Crippen LogP contribution < -0.4 is 5.32 Å². The Morgan fingerprint density at radius 3 is 2.17 bits per heavy atom. The van der Waals surface area contributed by atoms with E-state index in [2.05, 4.69) is 66.5 Å². The van der Waals surface area contributed by atoms with E-state index in [1.807, 2.05) is 19.2 Å². The van der Waals surface area contributed by atoms with Gasteiger partial charge in [0.15, 0.2) is 0 Å². The van der Waals surface area contributed by atoms with Gasteiger partial charge in [0.25, 0.3) is 0 Å². The first kappa shape index (κ1) is 18.2. The summed E-state index contributed by atoms with van der Waals surface area (Å²) in [7, 11) is 3.75. The smallest absolute Gasteiger partial charge is 0.0462 e. The van der Waals surface area contributed by atoms with E-state index in [4.69, 9.17) is 4.74 Å². The molecule has 0 amide bonds. The van der Waals surface area contributed by atoms with Crippen LogP contribution in [0.1, 0.15) is 24.0 Å². The highest BCUT2D eigenvalue weighted by Gasteiger charge is 2.11. The van der Waals surface area contributed by atoms with Crippen molar-refractivity contribution in [2.24, 2.45) is 0 Å². The number of rotatable bonds is 9. The van der Waals surface area contributed by atoms with Crippen molar-refractivity contribution in [3.05, 3.63) is 84.4 Å². The maximum atomic E-state index is 5.18. The van der Waals surface area contributed by atoms with Crippen molar-refractivity contribution in [3.63, 3.8) is 0 Å². The van der Waals surface area contributed by atoms with Crippen molar-refractivity contribution in [2.45, 2.75) is 18.9 Å². The summed E-state index contributed by atoms with van der Waals surface area (Å²) in [5.41, 5.74) is 4.57. The normalized spacial score (nSPS) is 12.8. The SMILES string of the molecule is C=C(/C(=C\C(CCCOC)NC)c1ccccc1)c1ccccc1. The van der Waals surface area contributed by atoms with Gasteiger partial charge in [-0.1, -0.05) is 73.3 Å². The highest BCUT2D eigenvalue weighted by Crippen LogP contribution is 2.30. The highest BCUT2D eigenvalue weighted by atomic mass is 16.5. The molecule has 0 heterocycles. The number of nitrogens with one attached hydrogen (secondary N) is 1. The number of allylic oxidation sites excluding steroid dienone is 2. The molecule has 0 aliphatic carbocycles. The second kappa shape index (κ2) is 9.86. The van der Waals surface area contributed by atoms with E-state index in [9.17, 15) is 0 Å². The van der Waals surface area contributed by atoms with E-state index < -0.39 is 0 Å². The number of ether oxygens (including phenoxy) is 1. The van der Waals surface area contributed by atoms with Gasteiger partial charge in [0.05, 0.1) is 0 Å². The van der Waals surface area contributed by atoms with E-state index in [1.165, 1.54) is 11.1 Å². The summed E-state index contributed by atoms with van der Waals surface area (Å²) in [5.74, 6) is 0. The van der Waals surface area contributed by atoms with Crippen molar-refractivity contribution in [3.8, 4) is 0 Å². The molecule has 0 aliphatic rings. The predicted octanol–water partition coefficient (Wildman–Crippen LogP) is 4.80. The van der Waals surface area contributed by atoms with Crippen LogP contribution in [0.25, 0.3) is 11.1 Å². The Labute approximate surface area is 145 Å². The summed E-state index contributed by atoms with van der Waals surface area (Å²) in [4.78, 5) is 0. The molecule has 0 saturated carbocycles. The largest absolute Gasteiger partial charge is 0.385 e. The molecule has 2 nitrogen and oxygen atoms in total. The fourth-order valence-electron chi connectivity index (χ4n) is 2.74. The minimum atomic E-state index is 0.288. The molecule has 0 aliphatic heterocycles. The quantitative estimate of drug-likeness (QED) is 0.529. The van der Waals surface area contributed by atoms with Crippen LogP contribution in [0.4, 0.5) is 0 Å². The van der Waals surface area contributed by atoms with Gasteiger partial charge >= 0.3 is 0 Å². The molecule has 2 rings (SSSR count). The number of likely N-dealkylation sites (N-methyl/N-ethyl adjacent to an activating group) is 1. The Bertz CT molecular complexity index is 646. The summed E-state index contributed by atoms with van der Waals surface area (Å²) in [6, 6.07) is 21.1. The molecule has 0 spiro atoms. The third-order valence-corrected chi connectivity index (χ3v) is 4.13. The van der Waals surface area contributed by atoms with Gasteiger partial charge < -0.3 is 10.1 Å². The third-order valence-electron chi connectivity index (χ3n) is 4.13. The summed E-state index contributed by atoms with van der Waals surface area (Å²) in [6.45, 7) is 5.15. The number of methoxy groups -OCH3 is 1. The maximum absolute atomic E-state index is 5.18. The van der Waals surface area contributed by atoms with E-state index in [1.54, 1.807) is 7.11 Å². The van der Waals surface area contributed by atoms with Gasteiger partial charge in [-0.15, -0.1) is 0 Å². The summed E-state index contributed by atoms with van der Waals surface area (Å²) < 4.78 is 5.18. The van der Waals surface area contributed by atoms with Crippen LogP contribution >= 0.6 is 0 Å². The molecule has 1 unspecified atom stereocenters. The Kier molecular flexibility index (Phi) is 7.47. The van der Waals surface area contributed by atoms with Crippen LogP contribution in [-0.4, -0.2) is 26.8 Å². The molecule has 0 aromatic heterocycles. The zero-order chi connectivity index (χ0) is 17.2. The van der Waals surface area contributed by atoms with Gasteiger partial charge in [0, 0.05) is 19.8 Å². The van der Waals surface area contributed by atoms with Crippen LogP contribution in [0.5, 0.6) is 0 Å². The second-order valence-electron chi connectivity index (χ2n) is 5.82. The third kappa shape index (κ3) is 5.19. The standard InChI is InChI=1S/C22H27NO/c1-18(19-11-6-4-7-12-19)22(20-13-8-5-9-14-20)17-21(23-2)15-10-16-24-3/h4-9,11-14,17,21,23H,1,10,15-16H2,2-3H3/b22-17+. The van der Waals surface area contributed by atoms with Crippen LogP contribution in [0.2, 0.25) is 0 Å². The minimum absolute atomic E-state index is 0.288. The molecule has 2 aromatic rings. The fourth-order valence-corrected chi connectivity index (χ4v) is 2.74. The zero-order valence-electron chi connectivity index (χ0n) is 14.7.